The Kier molecular flexibility index (Phi) is 4.19. The van der Waals surface area contributed by atoms with Crippen molar-refractivity contribution < 1.29 is 5.11 Å². The molecule has 1 aromatic carbocycles. The number of hydrogen-bond acceptors (Lipinski definition) is 2. The predicted molar refractivity (Wildman–Crippen MR) is 70.9 cm³/mol. The van der Waals surface area contributed by atoms with Gasteiger partial charge in [0.25, 0.3) is 0 Å². The molecule has 1 saturated carbocycles. The summed E-state index contributed by atoms with van der Waals surface area (Å²) in [6.07, 6.45) is 3.60. The van der Waals surface area contributed by atoms with Gasteiger partial charge < -0.3 is 10.4 Å². The first-order valence-electron chi connectivity index (χ1n) is 6.65. The summed E-state index contributed by atoms with van der Waals surface area (Å²) in [7, 11) is 0. The Bertz CT molecular complexity index is 364. The van der Waals surface area contributed by atoms with Crippen molar-refractivity contribution in [3.05, 3.63) is 35.4 Å². The maximum absolute atomic E-state index is 9.33. The van der Waals surface area contributed by atoms with E-state index < -0.39 is 0 Å². The summed E-state index contributed by atoms with van der Waals surface area (Å²) < 4.78 is 0. The van der Waals surface area contributed by atoms with E-state index in [-0.39, 0.29) is 0 Å². The van der Waals surface area contributed by atoms with Crippen molar-refractivity contribution in [2.24, 2.45) is 5.92 Å². The van der Waals surface area contributed by atoms with Crippen molar-refractivity contribution in [3.8, 4) is 0 Å². The van der Waals surface area contributed by atoms with Crippen LogP contribution in [0.4, 0.5) is 0 Å². The second-order valence-electron chi connectivity index (χ2n) is 5.22. The molecule has 2 N–H and O–H groups in total. The molecule has 1 aliphatic rings. The van der Waals surface area contributed by atoms with E-state index in [1.165, 1.54) is 24.0 Å². The standard InChI is InChI=1S/C15H23NO/c1-11-6-3-4-8-14(11)12(2)16-15-9-5-7-13(15)10-17/h3-4,6,8,12-13,15-17H,5,7,9-10H2,1-2H3. The lowest BCUT2D eigenvalue weighted by Gasteiger charge is -2.25. The largest absolute Gasteiger partial charge is 0.396 e. The van der Waals surface area contributed by atoms with E-state index >= 15 is 0 Å². The van der Waals surface area contributed by atoms with Crippen molar-refractivity contribution >= 4 is 0 Å². The first-order chi connectivity index (χ1) is 8.22. The van der Waals surface area contributed by atoms with Crippen molar-refractivity contribution in [1.29, 1.82) is 0 Å². The molecular formula is C15H23NO. The number of aliphatic hydroxyl groups excluding tert-OH is 1. The van der Waals surface area contributed by atoms with Crippen LogP contribution in [-0.2, 0) is 0 Å². The molecule has 94 valence electrons. The summed E-state index contributed by atoms with van der Waals surface area (Å²) in [5, 5.41) is 13.0. The fourth-order valence-electron chi connectivity index (χ4n) is 2.96. The highest BCUT2D eigenvalue weighted by atomic mass is 16.3. The molecule has 2 rings (SSSR count). The monoisotopic (exact) mass is 233 g/mol. The van der Waals surface area contributed by atoms with Gasteiger partial charge in [-0.3, -0.25) is 0 Å². The fraction of sp³-hybridized carbons (Fsp3) is 0.600. The summed E-state index contributed by atoms with van der Waals surface area (Å²) in [4.78, 5) is 0. The molecule has 0 spiro atoms. The Balaban J connectivity index is 2.01. The minimum atomic E-state index is 0.318. The molecule has 17 heavy (non-hydrogen) atoms. The van der Waals surface area contributed by atoms with Gasteiger partial charge in [-0.05, 0) is 43.7 Å². The molecule has 0 saturated heterocycles. The predicted octanol–water partition coefficient (Wildman–Crippen LogP) is 2.81. The third kappa shape index (κ3) is 2.88. The van der Waals surface area contributed by atoms with Gasteiger partial charge in [0, 0.05) is 18.7 Å². The molecule has 0 radical (unpaired) electrons. The van der Waals surface area contributed by atoms with Gasteiger partial charge in [0.2, 0.25) is 0 Å². The molecular weight excluding hydrogens is 210 g/mol. The van der Waals surface area contributed by atoms with Crippen molar-refractivity contribution in [3.63, 3.8) is 0 Å². The van der Waals surface area contributed by atoms with Crippen LogP contribution in [0, 0.1) is 12.8 Å². The van der Waals surface area contributed by atoms with Crippen molar-refractivity contribution in [1.82, 2.24) is 5.32 Å². The zero-order valence-electron chi connectivity index (χ0n) is 10.8. The zero-order valence-corrected chi connectivity index (χ0v) is 10.8. The zero-order chi connectivity index (χ0) is 12.3. The maximum Gasteiger partial charge on any atom is 0.0474 e. The highest BCUT2D eigenvalue weighted by Crippen LogP contribution is 2.28. The van der Waals surface area contributed by atoms with Crippen molar-refractivity contribution in [2.75, 3.05) is 6.61 Å². The van der Waals surface area contributed by atoms with Crippen LogP contribution in [0.1, 0.15) is 43.4 Å². The third-order valence-corrected chi connectivity index (χ3v) is 4.01. The molecule has 1 aliphatic carbocycles. The van der Waals surface area contributed by atoms with Crippen LogP contribution in [0.25, 0.3) is 0 Å². The van der Waals surface area contributed by atoms with E-state index in [0.29, 0.717) is 24.6 Å². The van der Waals surface area contributed by atoms with Gasteiger partial charge >= 0.3 is 0 Å². The quantitative estimate of drug-likeness (QED) is 0.838. The number of rotatable bonds is 4. The van der Waals surface area contributed by atoms with E-state index in [1.54, 1.807) is 0 Å². The Morgan fingerprint density at radius 1 is 1.35 bits per heavy atom. The van der Waals surface area contributed by atoms with Crippen LogP contribution in [0.15, 0.2) is 24.3 Å². The molecule has 0 amide bonds. The second kappa shape index (κ2) is 5.65. The summed E-state index contributed by atoms with van der Waals surface area (Å²) >= 11 is 0. The van der Waals surface area contributed by atoms with Gasteiger partial charge in [0.15, 0.2) is 0 Å². The molecule has 2 nitrogen and oxygen atoms in total. The first kappa shape index (κ1) is 12.6. The highest BCUT2D eigenvalue weighted by molar-refractivity contribution is 5.28. The van der Waals surface area contributed by atoms with Gasteiger partial charge in [0.1, 0.15) is 0 Å². The SMILES string of the molecule is Cc1ccccc1C(C)NC1CCCC1CO. The second-order valence-corrected chi connectivity index (χ2v) is 5.22. The van der Waals surface area contributed by atoms with Gasteiger partial charge in [-0.1, -0.05) is 30.7 Å². The third-order valence-electron chi connectivity index (χ3n) is 4.01. The topological polar surface area (TPSA) is 32.3 Å². The summed E-state index contributed by atoms with van der Waals surface area (Å²) in [5.74, 6) is 0.446. The minimum absolute atomic E-state index is 0.318. The number of aliphatic hydroxyl groups is 1. The molecule has 0 bridgehead atoms. The lowest BCUT2D eigenvalue weighted by molar-refractivity contribution is 0.200. The molecule has 0 aromatic heterocycles. The van der Waals surface area contributed by atoms with Gasteiger partial charge in [-0.25, -0.2) is 0 Å². The average Bonchev–Trinajstić information content (AvgIpc) is 2.76. The van der Waals surface area contributed by atoms with E-state index in [1.807, 2.05) is 0 Å². The average molecular weight is 233 g/mol. The van der Waals surface area contributed by atoms with E-state index in [4.69, 9.17) is 0 Å². The van der Waals surface area contributed by atoms with Crippen LogP contribution in [0.5, 0.6) is 0 Å². The normalized spacial score (nSPS) is 26.1. The van der Waals surface area contributed by atoms with Crippen LogP contribution in [-0.4, -0.2) is 17.8 Å². The molecule has 0 heterocycles. The van der Waals surface area contributed by atoms with E-state index in [9.17, 15) is 5.11 Å². The van der Waals surface area contributed by atoms with Gasteiger partial charge in [0.05, 0.1) is 0 Å². The van der Waals surface area contributed by atoms with E-state index in [2.05, 4.69) is 43.4 Å². The lowest BCUT2D eigenvalue weighted by atomic mass is 9.99. The smallest absolute Gasteiger partial charge is 0.0474 e. The molecule has 3 unspecified atom stereocenters. The molecule has 0 aliphatic heterocycles. The number of aryl methyl sites for hydroxylation is 1. The molecule has 1 aromatic rings. The summed E-state index contributed by atoms with van der Waals surface area (Å²) in [6.45, 7) is 4.69. The molecule has 1 fully saturated rings. The van der Waals surface area contributed by atoms with Crippen molar-refractivity contribution in [2.45, 2.75) is 45.2 Å². The van der Waals surface area contributed by atoms with E-state index in [0.717, 1.165) is 6.42 Å². The Morgan fingerprint density at radius 2 is 2.12 bits per heavy atom. The first-order valence-corrected chi connectivity index (χ1v) is 6.65. The Morgan fingerprint density at radius 3 is 2.82 bits per heavy atom. The Labute approximate surface area is 104 Å². The number of hydrogen-bond donors (Lipinski definition) is 2. The summed E-state index contributed by atoms with van der Waals surface area (Å²) in [5.41, 5.74) is 2.71. The van der Waals surface area contributed by atoms with Gasteiger partial charge in [-0.15, -0.1) is 0 Å². The van der Waals surface area contributed by atoms with Crippen LogP contribution in [0.2, 0.25) is 0 Å². The minimum Gasteiger partial charge on any atom is -0.396 e. The molecule has 3 atom stereocenters. The van der Waals surface area contributed by atoms with Gasteiger partial charge in [-0.2, -0.15) is 0 Å². The van der Waals surface area contributed by atoms with Crippen LogP contribution < -0.4 is 5.32 Å². The lowest BCUT2D eigenvalue weighted by Crippen LogP contribution is -2.36. The van der Waals surface area contributed by atoms with Crippen LogP contribution in [0.3, 0.4) is 0 Å². The Hall–Kier alpha value is -0.860. The van der Waals surface area contributed by atoms with Crippen LogP contribution >= 0.6 is 0 Å². The molecule has 2 heteroatoms. The maximum atomic E-state index is 9.33. The highest BCUT2D eigenvalue weighted by Gasteiger charge is 2.27. The summed E-state index contributed by atoms with van der Waals surface area (Å²) in [6, 6.07) is 9.38. The number of nitrogens with one attached hydrogen (secondary N) is 1. The fourth-order valence-corrected chi connectivity index (χ4v) is 2.96. The number of benzene rings is 1.